The molecule has 0 saturated carbocycles. The summed E-state index contributed by atoms with van der Waals surface area (Å²) in [6, 6.07) is 5.40. The zero-order chi connectivity index (χ0) is 13.8. The lowest BCUT2D eigenvalue weighted by atomic mass is 10.3. The van der Waals surface area contributed by atoms with Crippen LogP contribution < -0.4 is 10.5 Å². The van der Waals surface area contributed by atoms with Crippen molar-refractivity contribution in [1.29, 1.82) is 0 Å². The quantitative estimate of drug-likeness (QED) is 0.670. The fourth-order valence-corrected chi connectivity index (χ4v) is 1.28. The number of esters is 1. The fraction of sp³-hybridized carbons (Fsp3) is 0.0833. The molecule has 2 aromatic rings. The van der Waals surface area contributed by atoms with Crippen molar-refractivity contribution in [2.24, 2.45) is 0 Å². The van der Waals surface area contributed by atoms with E-state index < -0.39 is 11.8 Å². The highest BCUT2D eigenvalue weighted by Crippen LogP contribution is 2.22. The van der Waals surface area contributed by atoms with E-state index in [0.29, 0.717) is 0 Å². The molecule has 0 aliphatic heterocycles. The molecule has 0 radical (unpaired) electrons. The van der Waals surface area contributed by atoms with Gasteiger partial charge in [0, 0.05) is 18.3 Å². The molecule has 2 rings (SSSR count). The Bertz CT molecular complexity index is 619. The first-order chi connectivity index (χ1) is 9.10. The summed E-state index contributed by atoms with van der Waals surface area (Å²) in [6.45, 7) is 0. The molecule has 0 unspecified atom stereocenters. The summed E-state index contributed by atoms with van der Waals surface area (Å²) in [5.74, 6) is -1.12. The second-order valence-corrected chi connectivity index (χ2v) is 3.50. The first-order valence-electron chi connectivity index (χ1n) is 5.24. The zero-order valence-corrected chi connectivity index (χ0v) is 9.96. The van der Waals surface area contributed by atoms with E-state index in [1.54, 1.807) is 0 Å². The van der Waals surface area contributed by atoms with Gasteiger partial charge in [-0.15, -0.1) is 0 Å². The Morgan fingerprint density at radius 3 is 2.84 bits per heavy atom. The van der Waals surface area contributed by atoms with Gasteiger partial charge in [-0.25, -0.2) is 14.2 Å². The van der Waals surface area contributed by atoms with Gasteiger partial charge in [0.15, 0.2) is 0 Å². The highest BCUT2D eigenvalue weighted by Gasteiger charge is 2.11. The highest BCUT2D eigenvalue weighted by atomic mass is 19.1. The lowest BCUT2D eigenvalue weighted by Gasteiger charge is -2.06. The van der Waals surface area contributed by atoms with Gasteiger partial charge in [-0.05, 0) is 12.1 Å². The number of hydrogen-bond donors (Lipinski definition) is 1. The second kappa shape index (κ2) is 5.30. The minimum Gasteiger partial charge on any atom is -0.463 e. The number of methoxy groups -OCH3 is 1. The van der Waals surface area contributed by atoms with E-state index in [1.807, 2.05) is 0 Å². The molecule has 7 heteroatoms. The maximum absolute atomic E-state index is 13.2. The molecule has 0 amide bonds. The smallest absolute Gasteiger partial charge is 0.376 e. The Hall–Kier alpha value is -2.70. The van der Waals surface area contributed by atoms with E-state index in [4.69, 9.17) is 10.5 Å². The molecule has 1 aromatic carbocycles. The number of nitrogens with zero attached hydrogens (tertiary/aromatic N) is 2. The summed E-state index contributed by atoms with van der Waals surface area (Å²) in [5.41, 5.74) is 5.37. The van der Waals surface area contributed by atoms with E-state index in [-0.39, 0.29) is 23.1 Å². The van der Waals surface area contributed by atoms with Crippen LogP contribution in [0.2, 0.25) is 0 Å². The van der Waals surface area contributed by atoms with E-state index in [9.17, 15) is 9.18 Å². The molecule has 19 heavy (non-hydrogen) atoms. The number of benzene rings is 1. The van der Waals surface area contributed by atoms with Gasteiger partial charge in [-0.1, -0.05) is 0 Å². The molecule has 0 aliphatic rings. The number of carbonyl (C=O) groups excluding carboxylic acids is 1. The van der Waals surface area contributed by atoms with Crippen LogP contribution in [0.3, 0.4) is 0 Å². The van der Waals surface area contributed by atoms with Crippen LogP contribution in [0.15, 0.2) is 30.5 Å². The zero-order valence-electron chi connectivity index (χ0n) is 9.96. The summed E-state index contributed by atoms with van der Waals surface area (Å²) in [4.78, 5) is 18.8. The van der Waals surface area contributed by atoms with E-state index in [2.05, 4.69) is 14.7 Å². The summed E-state index contributed by atoms with van der Waals surface area (Å²) in [7, 11) is 1.22. The molecular weight excluding hydrogens is 253 g/mol. The number of rotatable bonds is 3. The average molecular weight is 263 g/mol. The van der Waals surface area contributed by atoms with Crippen molar-refractivity contribution >= 4 is 11.7 Å². The summed E-state index contributed by atoms with van der Waals surface area (Å²) in [5, 5.41) is 0. The molecule has 0 aliphatic carbocycles. The lowest BCUT2D eigenvalue weighted by Crippen LogP contribution is -2.07. The standard InChI is InChI=1S/C12H10FN3O3/c1-18-12(17)11-15-5-4-10(16-11)19-7-2-3-9(14)8(13)6-7/h2-6H,14H2,1H3. The highest BCUT2D eigenvalue weighted by molar-refractivity contribution is 5.85. The van der Waals surface area contributed by atoms with Gasteiger partial charge in [0.05, 0.1) is 12.8 Å². The van der Waals surface area contributed by atoms with Crippen LogP contribution in [0.5, 0.6) is 11.6 Å². The van der Waals surface area contributed by atoms with Gasteiger partial charge in [0.25, 0.3) is 0 Å². The van der Waals surface area contributed by atoms with Crippen molar-refractivity contribution in [2.45, 2.75) is 0 Å². The normalized spacial score (nSPS) is 10.0. The van der Waals surface area contributed by atoms with Gasteiger partial charge in [-0.3, -0.25) is 0 Å². The molecule has 0 fully saturated rings. The third-order valence-electron chi connectivity index (χ3n) is 2.19. The summed E-state index contributed by atoms with van der Waals surface area (Å²) in [6.07, 6.45) is 1.34. The molecule has 6 nitrogen and oxygen atoms in total. The van der Waals surface area contributed by atoms with Crippen molar-refractivity contribution in [1.82, 2.24) is 9.97 Å². The Morgan fingerprint density at radius 2 is 2.16 bits per heavy atom. The summed E-state index contributed by atoms with van der Waals surface area (Å²) < 4.78 is 23.0. The fourth-order valence-electron chi connectivity index (χ4n) is 1.28. The maximum atomic E-state index is 13.2. The van der Waals surface area contributed by atoms with Crippen LogP contribution in [0.1, 0.15) is 10.6 Å². The van der Waals surface area contributed by atoms with E-state index in [1.165, 1.54) is 31.5 Å². The number of ether oxygens (including phenoxy) is 2. The third kappa shape index (κ3) is 2.95. The number of aromatic nitrogens is 2. The average Bonchev–Trinajstić information content (AvgIpc) is 2.42. The molecule has 0 atom stereocenters. The van der Waals surface area contributed by atoms with Crippen LogP contribution >= 0.6 is 0 Å². The van der Waals surface area contributed by atoms with Crippen molar-refractivity contribution in [3.8, 4) is 11.6 Å². The lowest BCUT2D eigenvalue weighted by molar-refractivity contribution is 0.0585. The van der Waals surface area contributed by atoms with Gasteiger partial charge in [-0.2, -0.15) is 4.98 Å². The van der Waals surface area contributed by atoms with E-state index in [0.717, 1.165) is 6.07 Å². The first-order valence-corrected chi connectivity index (χ1v) is 5.24. The number of nitrogens with two attached hydrogens (primary N) is 1. The maximum Gasteiger partial charge on any atom is 0.376 e. The molecular formula is C12H10FN3O3. The van der Waals surface area contributed by atoms with Crippen LogP contribution in [-0.2, 0) is 4.74 Å². The van der Waals surface area contributed by atoms with E-state index >= 15 is 0 Å². The number of hydrogen-bond acceptors (Lipinski definition) is 6. The SMILES string of the molecule is COC(=O)c1nccc(Oc2ccc(N)c(F)c2)n1. The molecule has 0 bridgehead atoms. The Kier molecular flexibility index (Phi) is 3.56. The molecule has 1 heterocycles. The predicted molar refractivity (Wildman–Crippen MR) is 64.3 cm³/mol. The minimum absolute atomic E-state index is 0.0188. The molecule has 98 valence electrons. The van der Waals surface area contributed by atoms with Crippen molar-refractivity contribution in [3.63, 3.8) is 0 Å². The molecule has 1 aromatic heterocycles. The number of nitrogen functional groups attached to an aromatic ring is 1. The third-order valence-corrected chi connectivity index (χ3v) is 2.19. The topological polar surface area (TPSA) is 87.3 Å². The Morgan fingerprint density at radius 1 is 1.37 bits per heavy atom. The van der Waals surface area contributed by atoms with Crippen LogP contribution in [0, 0.1) is 5.82 Å². The number of halogens is 1. The Labute approximate surface area is 108 Å². The van der Waals surface area contributed by atoms with Crippen LogP contribution in [0.25, 0.3) is 0 Å². The predicted octanol–water partition coefficient (Wildman–Crippen LogP) is 1.78. The van der Waals surface area contributed by atoms with Crippen molar-refractivity contribution in [3.05, 3.63) is 42.1 Å². The van der Waals surface area contributed by atoms with Crippen molar-refractivity contribution in [2.75, 3.05) is 12.8 Å². The Balaban J connectivity index is 2.23. The molecule has 2 N–H and O–H groups in total. The van der Waals surface area contributed by atoms with Gasteiger partial charge in [0.1, 0.15) is 11.6 Å². The van der Waals surface area contributed by atoms with Crippen LogP contribution in [-0.4, -0.2) is 23.0 Å². The van der Waals surface area contributed by atoms with Crippen molar-refractivity contribution < 1.29 is 18.7 Å². The molecule has 0 saturated heterocycles. The van der Waals surface area contributed by atoms with Gasteiger partial charge in [0.2, 0.25) is 11.7 Å². The molecule has 0 spiro atoms. The minimum atomic E-state index is -0.686. The van der Waals surface area contributed by atoms with Gasteiger partial charge >= 0.3 is 5.97 Å². The number of anilines is 1. The first kappa shape index (κ1) is 12.7. The van der Waals surface area contributed by atoms with Gasteiger partial charge < -0.3 is 15.2 Å². The largest absolute Gasteiger partial charge is 0.463 e. The monoisotopic (exact) mass is 263 g/mol. The summed E-state index contributed by atoms with van der Waals surface area (Å²) >= 11 is 0. The number of carbonyl (C=O) groups is 1. The van der Waals surface area contributed by atoms with Crippen LogP contribution in [0.4, 0.5) is 10.1 Å². The second-order valence-electron chi connectivity index (χ2n) is 3.50.